The maximum absolute atomic E-state index is 11.3. The van der Waals surface area contributed by atoms with Crippen molar-refractivity contribution in [1.82, 2.24) is 5.32 Å². The predicted octanol–water partition coefficient (Wildman–Crippen LogP) is 0.465. The summed E-state index contributed by atoms with van der Waals surface area (Å²) in [4.78, 5) is 22.1. The number of nitrogens with one attached hydrogen (secondary N) is 2. The molecule has 0 radical (unpaired) electrons. The Bertz CT molecular complexity index is 393. The molecule has 5 N–H and O–H groups in total. The molecule has 16 heavy (non-hydrogen) atoms. The molecule has 0 saturated carbocycles. The second-order valence-corrected chi connectivity index (χ2v) is 3.02. The van der Waals surface area contributed by atoms with E-state index in [2.05, 4.69) is 10.6 Å². The number of carboxylic acid groups (broad SMARTS) is 1. The fourth-order valence-corrected chi connectivity index (χ4v) is 1.13. The molecule has 0 saturated heterocycles. The number of carboxylic acids is 1. The summed E-state index contributed by atoms with van der Waals surface area (Å²) in [6.45, 7) is 0.662. The van der Waals surface area contributed by atoms with Crippen LogP contribution in [-0.2, 0) is 0 Å². The van der Waals surface area contributed by atoms with Crippen molar-refractivity contribution in [3.05, 3.63) is 29.8 Å². The lowest BCUT2D eigenvalue weighted by molar-refractivity contribution is 0.0698. The Morgan fingerprint density at radius 2 is 2.00 bits per heavy atom. The van der Waals surface area contributed by atoms with E-state index in [0.29, 0.717) is 13.1 Å². The number of anilines is 1. The van der Waals surface area contributed by atoms with Gasteiger partial charge in [-0.15, -0.1) is 0 Å². The zero-order valence-corrected chi connectivity index (χ0v) is 8.56. The molecule has 1 rings (SSSR count). The Balaban J connectivity index is 2.73. The molecular weight excluding hydrogens is 210 g/mol. The summed E-state index contributed by atoms with van der Waals surface area (Å²) in [5.41, 5.74) is 5.51. The molecule has 0 atom stereocenters. The summed E-state index contributed by atoms with van der Waals surface area (Å²) in [7, 11) is 0. The molecule has 0 aromatic heterocycles. The molecule has 0 bridgehead atoms. The van der Waals surface area contributed by atoms with Crippen molar-refractivity contribution in [2.45, 2.75) is 0 Å². The first-order valence-corrected chi connectivity index (χ1v) is 4.72. The van der Waals surface area contributed by atoms with Gasteiger partial charge in [0, 0.05) is 13.1 Å². The average Bonchev–Trinajstić information content (AvgIpc) is 2.27. The van der Waals surface area contributed by atoms with E-state index in [1.54, 1.807) is 12.1 Å². The zero-order chi connectivity index (χ0) is 12.0. The van der Waals surface area contributed by atoms with Gasteiger partial charge >= 0.3 is 12.0 Å². The summed E-state index contributed by atoms with van der Waals surface area (Å²) in [5, 5.41) is 13.8. The van der Waals surface area contributed by atoms with Crippen LogP contribution in [0.2, 0.25) is 0 Å². The van der Waals surface area contributed by atoms with E-state index in [-0.39, 0.29) is 11.3 Å². The minimum Gasteiger partial charge on any atom is -0.478 e. The molecule has 2 amide bonds. The lowest BCUT2D eigenvalue weighted by Gasteiger charge is -2.08. The van der Waals surface area contributed by atoms with Gasteiger partial charge in [-0.3, -0.25) is 0 Å². The summed E-state index contributed by atoms with van der Waals surface area (Å²) < 4.78 is 0. The maximum Gasteiger partial charge on any atom is 0.337 e. The van der Waals surface area contributed by atoms with E-state index < -0.39 is 12.0 Å². The average molecular weight is 223 g/mol. The van der Waals surface area contributed by atoms with Gasteiger partial charge in [0.25, 0.3) is 0 Å². The van der Waals surface area contributed by atoms with Gasteiger partial charge in [-0.1, -0.05) is 12.1 Å². The number of aromatic carboxylic acids is 1. The first kappa shape index (κ1) is 12.0. The highest BCUT2D eigenvalue weighted by atomic mass is 16.4. The van der Waals surface area contributed by atoms with Crippen LogP contribution < -0.4 is 16.4 Å². The Kier molecular flexibility index (Phi) is 4.28. The lowest BCUT2D eigenvalue weighted by Crippen LogP contribution is -2.33. The van der Waals surface area contributed by atoms with Crippen LogP contribution in [0.4, 0.5) is 10.5 Å². The van der Waals surface area contributed by atoms with Crippen molar-refractivity contribution < 1.29 is 14.7 Å². The van der Waals surface area contributed by atoms with Gasteiger partial charge in [0.05, 0.1) is 11.3 Å². The molecule has 86 valence electrons. The van der Waals surface area contributed by atoms with Gasteiger partial charge < -0.3 is 21.5 Å². The molecule has 0 spiro atoms. The second-order valence-electron chi connectivity index (χ2n) is 3.02. The van der Waals surface area contributed by atoms with Crippen LogP contribution in [-0.4, -0.2) is 30.2 Å². The van der Waals surface area contributed by atoms with Crippen LogP contribution in [0.1, 0.15) is 10.4 Å². The number of hydrogen-bond donors (Lipinski definition) is 4. The molecule has 0 fully saturated rings. The third kappa shape index (κ3) is 3.25. The highest BCUT2D eigenvalue weighted by Gasteiger charge is 2.10. The van der Waals surface area contributed by atoms with Gasteiger partial charge in [0.15, 0.2) is 0 Å². The van der Waals surface area contributed by atoms with Gasteiger partial charge in [0.2, 0.25) is 0 Å². The Morgan fingerprint density at radius 3 is 2.62 bits per heavy atom. The van der Waals surface area contributed by atoms with Crippen molar-refractivity contribution in [3.8, 4) is 0 Å². The van der Waals surface area contributed by atoms with Crippen LogP contribution in [0.25, 0.3) is 0 Å². The van der Waals surface area contributed by atoms with E-state index in [1.165, 1.54) is 12.1 Å². The number of rotatable bonds is 4. The summed E-state index contributed by atoms with van der Waals surface area (Å²) in [6, 6.07) is 5.70. The van der Waals surface area contributed by atoms with Crippen molar-refractivity contribution in [2.75, 3.05) is 18.4 Å². The van der Waals surface area contributed by atoms with E-state index in [9.17, 15) is 9.59 Å². The molecular formula is C10H13N3O3. The van der Waals surface area contributed by atoms with Crippen LogP contribution in [0.15, 0.2) is 24.3 Å². The molecule has 0 aliphatic carbocycles. The summed E-state index contributed by atoms with van der Waals surface area (Å²) in [5.74, 6) is -1.09. The first-order valence-electron chi connectivity index (χ1n) is 4.72. The second kappa shape index (κ2) is 5.72. The largest absolute Gasteiger partial charge is 0.478 e. The van der Waals surface area contributed by atoms with Crippen molar-refractivity contribution in [3.63, 3.8) is 0 Å². The third-order valence-electron chi connectivity index (χ3n) is 1.84. The highest BCUT2D eigenvalue weighted by Crippen LogP contribution is 2.14. The third-order valence-corrected chi connectivity index (χ3v) is 1.84. The normalized spacial score (nSPS) is 9.56. The molecule has 6 heteroatoms. The van der Waals surface area contributed by atoms with Gasteiger partial charge in [-0.05, 0) is 12.1 Å². The maximum atomic E-state index is 11.3. The van der Waals surface area contributed by atoms with E-state index in [1.807, 2.05) is 0 Å². The number of para-hydroxylation sites is 1. The van der Waals surface area contributed by atoms with Gasteiger partial charge in [0.1, 0.15) is 0 Å². The van der Waals surface area contributed by atoms with Crippen molar-refractivity contribution in [1.29, 1.82) is 0 Å². The number of urea groups is 1. The van der Waals surface area contributed by atoms with Crippen LogP contribution in [0.3, 0.4) is 0 Å². The van der Waals surface area contributed by atoms with E-state index >= 15 is 0 Å². The molecule has 1 aromatic carbocycles. The molecule has 0 unspecified atom stereocenters. The van der Waals surface area contributed by atoms with E-state index in [4.69, 9.17) is 10.8 Å². The number of hydrogen-bond acceptors (Lipinski definition) is 3. The first-order chi connectivity index (χ1) is 7.65. The number of carbonyl (C=O) groups is 2. The molecule has 0 aliphatic heterocycles. The molecule has 1 aromatic rings. The van der Waals surface area contributed by atoms with E-state index in [0.717, 1.165) is 0 Å². The standard InChI is InChI=1S/C10H13N3O3/c11-5-6-12-10(16)13-8-4-2-1-3-7(8)9(14)15/h1-4H,5-6,11H2,(H,14,15)(H2,12,13,16). The van der Waals surface area contributed by atoms with Crippen LogP contribution in [0.5, 0.6) is 0 Å². The fourth-order valence-electron chi connectivity index (χ4n) is 1.13. The number of amides is 2. The number of carbonyl (C=O) groups excluding carboxylic acids is 1. The molecule has 0 heterocycles. The van der Waals surface area contributed by atoms with Crippen LogP contribution in [0, 0.1) is 0 Å². The van der Waals surface area contributed by atoms with Gasteiger partial charge in [-0.25, -0.2) is 9.59 Å². The van der Waals surface area contributed by atoms with Crippen molar-refractivity contribution >= 4 is 17.7 Å². The van der Waals surface area contributed by atoms with Crippen LogP contribution >= 0.6 is 0 Å². The quantitative estimate of drug-likeness (QED) is 0.595. The smallest absolute Gasteiger partial charge is 0.337 e. The number of benzene rings is 1. The highest BCUT2D eigenvalue weighted by molar-refractivity contribution is 5.99. The molecule has 6 nitrogen and oxygen atoms in total. The SMILES string of the molecule is NCCNC(=O)Nc1ccccc1C(=O)O. The summed E-state index contributed by atoms with van der Waals surface area (Å²) >= 11 is 0. The predicted molar refractivity (Wildman–Crippen MR) is 59.5 cm³/mol. The lowest BCUT2D eigenvalue weighted by atomic mass is 10.2. The number of nitrogens with two attached hydrogens (primary N) is 1. The minimum atomic E-state index is -1.09. The zero-order valence-electron chi connectivity index (χ0n) is 8.56. The molecule has 0 aliphatic rings. The Morgan fingerprint density at radius 1 is 1.31 bits per heavy atom. The summed E-state index contributed by atoms with van der Waals surface area (Å²) in [6.07, 6.45) is 0. The monoisotopic (exact) mass is 223 g/mol. The Labute approximate surface area is 92.4 Å². The Hall–Kier alpha value is -2.08. The minimum absolute atomic E-state index is 0.0467. The fraction of sp³-hybridized carbons (Fsp3) is 0.200. The topological polar surface area (TPSA) is 104 Å². The van der Waals surface area contributed by atoms with Gasteiger partial charge in [-0.2, -0.15) is 0 Å². The van der Waals surface area contributed by atoms with Crippen molar-refractivity contribution in [2.24, 2.45) is 5.73 Å².